The predicted molar refractivity (Wildman–Crippen MR) is 218 cm³/mol. The van der Waals surface area contributed by atoms with Crippen LogP contribution in [-0.2, 0) is 23.9 Å². The standard InChI is InChI=1S/C46H73N3O8/c1-27(2)36-31(50)25-46(47-39(54)49-23-18-28(19-24-49)48(12)40(55)57-41(3,4)5)22-15-30-29(37(36)46)13-14-33-44(30,10)20-16-32-43(8,9)34(17-21-45(32,33)11)56-35(51)26-42(6,7)38(52)53/h27-30,32-34H,13-26H2,1-12H3,(H,47,54)(H,52,53)/t29?,30?,32?,33?,34-,44-,45-,46?/m0/s1. The van der Waals surface area contributed by atoms with Crippen molar-refractivity contribution in [2.45, 2.75) is 176 Å². The molecule has 0 aromatic carbocycles. The van der Waals surface area contributed by atoms with E-state index in [1.807, 2.05) is 25.7 Å². The topological polar surface area (TPSA) is 143 Å². The quantitative estimate of drug-likeness (QED) is 0.244. The van der Waals surface area contributed by atoms with Crippen LogP contribution in [0.2, 0.25) is 0 Å². The van der Waals surface area contributed by atoms with Crippen LogP contribution >= 0.6 is 0 Å². The number of allylic oxidation sites excluding steroid dienone is 1. The first kappa shape index (κ1) is 43.5. The van der Waals surface area contributed by atoms with Gasteiger partial charge in [-0.1, -0.05) is 41.5 Å². The van der Waals surface area contributed by atoms with Crippen LogP contribution in [0.25, 0.3) is 0 Å². The number of likely N-dealkylation sites (tertiary alicyclic amines) is 1. The monoisotopic (exact) mass is 796 g/mol. The third kappa shape index (κ3) is 7.64. The van der Waals surface area contributed by atoms with Crippen LogP contribution in [0.15, 0.2) is 11.1 Å². The van der Waals surface area contributed by atoms with E-state index in [-0.39, 0.29) is 64.6 Å². The number of piperidine rings is 1. The Balaban J connectivity index is 1.18. The summed E-state index contributed by atoms with van der Waals surface area (Å²) < 4.78 is 11.8. The maximum absolute atomic E-state index is 14.2. The molecular formula is C46H73N3O8. The van der Waals surface area contributed by atoms with E-state index in [4.69, 9.17) is 9.47 Å². The van der Waals surface area contributed by atoms with Crippen molar-refractivity contribution in [2.24, 2.45) is 51.2 Å². The van der Waals surface area contributed by atoms with Crippen LogP contribution in [-0.4, -0.2) is 88.2 Å². The van der Waals surface area contributed by atoms with Crippen LogP contribution in [0.5, 0.6) is 0 Å². The van der Waals surface area contributed by atoms with E-state index in [2.05, 4.69) is 46.9 Å². The van der Waals surface area contributed by atoms with Gasteiger partial charge >= 0.3 is 24.1 Å². The molecule has 1 heterocycles. The Bertz CT molecular complexity index is 1670. The van der Waals surface area contributed by atoms with Crippen molar-refractivity contribution >= 4 is 29.8 Å². The van der Waals surface area contributed by atoms with Crippen molar-refractivity contribution < 1.29 is 38.6 Å². The first-order valence-corrected chi connectivity index (χ1v) is 22.0. The molecule has 1 aliphatic heterocycles. The van der Waals surface area contributed by atoms with Crippen LogP contribution in [0.4, 0.5) is 9.59 Å². The summed E-state index contributed by atoms with van der Waals surface area (Å²) in [4.78, 5) is 69.4. The van der Waals surface area contributed by atoms with Gasteiger partial charge in [0.15, 0.2) is 5.78 Å². The number of nitrogens with zero attached hydrogens (tertiary/aromatic N) is 2. The number of hydrogen-bond acceptors (Lipinski definition) is 7. The Labute approximate surface area is 341 Å². The van der Waals surface area contributed by atoms with Gasteiger partial charge in [0, 0.05) is 38.0 Å². The number of ether oxygens (including phenoxy) is 2. The minimum absolute atomic E-state index is 0.00620. The highest BCUT2D eigenvalue weighted by Gasteiger charge is 2.67. The lowest BCUT2D eigenvalue weighted by Crippen LogP contribution is -2.64. The van der Waals surface area contributed by atoms with Crippen molar-refractivity contribution in [3.05, 3.63) is 11.1 Å². The summed E-state index contributed by atoms with van der Waals surface area (Å²) in [6.07, 6.45) is 8.53. The number of carbonyl (C=O) groups is 5. The molecule has 0 aromatic rings. The molecule has 6 rings (SSSR count). The van der Waals surface area contributed by atoms with Crippen LogP contribution in [0, 0.1) is 51.2 Å². The third-order valence-electron chi connectivity index (χ3n) is 16.3. The number of carbonyl (C=O) groups excluding carboxylic acids is 4. The number of carboxylic acid groups (broad SMARTS) is 1. The lowest BCUT2D eigenvalue weighted by atomic mass is 9.37. The minimum atomic E-state index is -1.18. The Morgan fingerprint density at radius 1 is 0.877 bits per heavy atom. The van der Waals surface area contributed by atoms with E-state index in [1.54, 1.807) is 25.8 Å². The zero-order valence-electron chi connectivity index (χ0n) is 37.1. The molecule has 11 nitrogen and oxygen atoms in total. The van der Waals surface area contributed by atoms with Gasteiger partial charge in [0.25, 0.3) is 0 Å². The SMILES string of the molecule is CC(C)C1=C2C3CCC4[C@@](C)(CCC5C(C)(C)[C@@H](OC(=O)CC(C)(C)C(=O)O)CC[C@@]54C)C3CCC2(NC(=O)N2CCC(N(C)C(=O)OC(C)(C)C)CC2)CC1=O. The summed E-state index contributed by atoms with van der Waals surface area (Å²) in [7, 11) is 1.78. The molecule has 57 heavy (non-hydrogen) atoms. The lowest BCUT2D eigenvalue weighted by molar-refractivity contribution is -0.213. The highest BCUT2D eigenvalue weighted by atomic mass is 16.6. The van der Waals surface area contributed by atoms with Gasteiger partial charge in [-0.15, -0.1) is 0 Å². The molecule has 5 aliphatic carbocycles. The summed E-state index contributed by atoms with van der Waals surface area (Å²) in [5.74, 6) is 0.301. The van der Waals surface area contributed by atoms with Gasteiger partial charge in [-0.2, -0.15) is 0 Å². The van der Waals surface area contributed by atoms with Crippen molar-refractivity contribution in [3.8, 4) is 0 Å². The molecule has 0 radical (unpaired) electrons. The second-order valence-corrected chi connectivity index (χ2v) is 22.1. The van der Waals surface area contributed by atoms with E-state index in [0.717, 1.165) is 56.9 Å². The molecule has 8 atom stereocenters. The molecule has 6 aliphatic rings. The molecule has 1 saturated heterocycles. The number of esters is 1. The normalized spacial score (nSPS) is 35.4. The highest BCUT2D eigenvalue weighted by molar-refractivity contribution is 6.02. The van der Waals surface area contributed by atoms with Crippen LogP contribution in [0.3, 0.4) is 0 Å². The number of aliphatic carboxylic acids is 1. The average molecular weight is 796 g/mol. The average Bonchev–Trinajstić information content (AvgIpc) is 3.39. The van der Waals surface area contributed by atoms with Gasteiger partial charge in [-0.05, 0) is 150 Å². The Kier molecular flexibility index (Phi) is 11.3. The number of urea groups is 1. The predicted octanol–water partition coefficient (Wildman–Crippen LogP) is 8.78. The first-order chi connectivity index (χ1) is 26.3. The Morgan fingerprint density at radius 2 is 1.51 bits per heavy atom. The minimum Gasteiger partial charge on any atom is -0.481 e. The zero-order valence-corrected chi connectivity index (χ0v) is 37.1. The van der Waals surface area contributed by atoms with E-state index in [0.29, 0.717) is 50.1 Å². The van der Waals surface area contributed by atoms with Gasteiger partial charge in [-0.3, -0.25) is 14.4 Å². The summed E-state index contributed by atoms with van der Waals surface area (Å²) in [6, 6.07) is -0.116. The second-order valence-electron chi connectivity index (χ2n) is 22.1. The van der Waals surface area contributed by atoms with E-state index >= 15 is 0 Å². The van der Waals surface area contributed by atoms with Crippen molar-refractivity contribution in [3.63, 3.8) is 0 Å². The molecule has 320 valence electrons. The number of rotatable bonds is 7. The molecule has 4 saturated carbocycles. The third-order valence-corrected chi connectivity index (χ3v) is 16.3. The van der Waals surface area contributed by atoms with Gasteiger partial charge in [0.1, 0.15) is 11.7 Å². The fourth-order valence-corrected chi connectivity index (χ4v) is 13.5. The van der Waals surface area contributed by atoms with E-state index in [1.165, 1.54) is 5.57 Å². The lowest BCUT2D eigenvalue weighted by Gasteiger charge is -2.68. The maximum Gasteiger partial charge on any atom is 0.410 e. The molecule has 11 heteroatoms. The fourth-order valence-electron chi connectivity index (χ4n) is 13.5. The Morgan fingerprint density at radius 3 is 2.11 bits per heavy atom. The summed E-state index contributed by atoms with van der Waals surface area (Å²) in [5.41, 5.74) is -0.387. The number of carboxylic acids is 1. The number of nitrogens with one attached hydrogen (secondary N) is 1. The summed E-state index contributed by atoms with van der Waals surface area (Å²) in [5, 5.41) is 13.1. The first-order valence-electron chi connectivity index (χ1n) is 22.0. The van der Waals surface area contributed by atoms with Crippen molar-refractivity contribution in [1.29, 1.82) is 0 Å². The molecule has 3 amide bonds. The molecule has 2 N–H and O–H groups in total. The van der Waals surface area contributed by atoms with Gasteiger partial charge in [-0.25, -0.2) is 9.59 Å². The largest absolute Gasteiger partial charge is 0.481 e. The molecule has 0 spiro atoms. The molecule has 5 fully saturated rings. The van der Waals surface area contributed by atoms with Crippen molar-refractivity contribution in [2.75, 3.05) is 20.1 Å². The number of fused-ring (bicyclic) bond motifs is 7. The number of Topliss-reactive ketones (excluding diaryl/α,β-unsaturated/α-hetero) is 1. The highest BCUT2D eigenvalue weighted by Crippen LogP contribution is 2.72. The number of ketones is 1. The van der Waals surface area contributed by atoms with Crippen molar-refractivity contribution in [1.82, 2.24) is 15.1 Å². The fraction of sp³-hybridized carbons (Fsp3) is 0.848. The smallest absolute Gasteiger partial charge is 0.410 e. The summed E-state index contributed by atoms with van der Waals surface area (Å²) >= 11 is 0. The van der Waals surface area contributed by atoms with E-state index in [9.17, 15) is 29.1 Å². The van der Waals surface area contributed by atoms with Crippen LogP contribution in [0.1, 0.15) is 153 Å². The maximum atomic E-state index is 14.2. The van der Waals surface area contributed by atoms with Gasteiger partial charge < -0.3 is 29.7 Å². The van der Waals surface area contributed by atoms with E-state index < -0.39 is 28.5 Å². The molecule has 5 unspecified atom stereocenters. The molecule has 0 aromatic heterocycles. The number of amides is 3. The summed E-state index contributed by atoms with van der Waals surface area (Å²) in [6.45, 7) is 23.6. The second kappa shape index (κ2) is 14.9. The van der Waals surface area contributed by atoms with Crippen LogP contribution < -0.4 is 5.32 Å². The molecule has 0 bridgehead atoms. The van der Waals surface area contributed by atoms with Gasteiger partial charge in [0.2, 0.25) is 0 Å². The van der Waals surface area contributed by atoms with Gasteiger partial charge in [0.05, 0.1) is 17.4 Å². The zero-order chi connectivity index (χ0) is 42.3. The number of hydrogen-bond donors (Lipinski definition) is 2. The molecular weight excluding hydrogens is 723 g/mol. The Hall–Kier alpha value is -3.11.